The van der Waals surface area contributed by atoms with E-state index in [1.165, 1.54) is 12.1 Å². The second-order valence-electron chi connectivity index (χ2n) is 6.14. The van der Waals surface area contributed by atoms with E-state index < -0.39 is 6.61 Å². The van der Waals surface area contributed by atoms with E-state index in [1.54, 1.807) is 12.1 Å². The number of carbonyl (C=O) groups excluding carboxylic acids is 1. The number of alkyl halides is 2. The number of benzene rings is 2. The van der Waals surface area contributed by atoms with Gasteiger partial charge in [0.05, 0.1) is 0 Å². The highest BCUT2D eigenvalue weighted by Gasteiger charge is 2.06. The van der Waals surface area contributed by atoms with Gasteiger partial charge in [0, 0.05) is 6.54 Å². The topological polar surface area (TPSA) is 47.6 Å². The zero-order valence-corrected chi connectivity index (χ0v) is 14.9. The van der Waals surface area contributed by atoms with Crippen LogP contribution in [0.4, 0.5) is 8.78 Å². The van der Waals surface area contributed by atoms with Gasteiger partial charge in [0.2, 0.25) is 0 Å². The van der Waals surface area contributed by atoms with Gasteiger partial charge >= 0.3 is 6.61 Å². The summed E-state index contributed by atoms with van der Waals surface area (Å²) in [6.45, 7) is 1.74. The maximum absolute atomic E-state index is 12.1. The lowest BCUT2D eigenvalue weighted by molar-refractivity contribution is -0.123. The van der Waals surface area contributed by atoms with Crippen LogP contribution in [-0.4, -0.2) is 25.7 Å². The lowest BCUT2D eigenvalue weighted by Crippen LogP contribution is -2.30. The summed E-state index contributed by atoms with van der Waals surface area (Å²) in [7, 11) is 0. The minimum atomic E-state index is -2.83. The fourth-order valence-electron chi connectivity index (χ4n) is 2.35. The van der Waals surface area contributed by atoms with E-state index >= 15 is 0 Å². The Bertz CT molecular complexity index is 702. The molecule has 0 spiro atoms. The van der Waals surface area contributed by atoms with Gasteiger partial charge < -0.3 is 14.8 Å². The van der Waals surface area contributed by atoms with Gasteiger partial charge in [-0.05, 0) is 47.7 Å². The monoisotopic (exact) mass is 363 g/mol. The highest BCUT2D eigenvalue weighted by molar-refractivity contribution is 5.77. The van der Waals surface area contributed by atoms with Gasteiger partial charge in [0.15, 0.2) is 6.61 Å². The molecule has 0 radical (unpaired) electrons. The van der Waals surface area contributed by atoms with Crippen molar-refractivity contribution < 1.29 is 23.0 Å². The Labute approximate surface area is 152 Å². The Kier molecular flexibility index (Phi) is 7.38. The molecule has 0 heterocycles. The molecule has 0 saturated carbocycles. The molecule has 0 aromatic heterocycles. The van der Waals surface area contributed by atoms with E-state index in [2.05, 4.69) is 23.9 Å². The molecule has 26 heavy (non-hydrogen) atoms. The normalized spacial score (nSPS) is 10.8. The summed E-state index contributed by atoms with van der Waals surface area (Å²) in [6, 6.07) is 14.0. The molecule has 0 aliphatic rings. The number of nitrogens with one attached hydrogen (secondary N) is 1. The fraction of sp³-hybridized carbons (Fsp3) is 0.350. The Morgan fingerprint density at radius 3 is 2.46 bits per heavy atom. The molecule has 0 atom stereocenters. The molecule has 140 valence electrons. The van der Waals surface area contributed by atoms with Crippen LogP contribution in [0.5, 0.6) is 11.5 Å². The minimum absolute atomic E-state index is 0.0529. The number of hydrogen-bond donors (Lipinski definition) is 1. The van der Waals surface area contributed by atoms with E-state index in [9.17, 15) is 13.6 Å². The van der Waals surface area contributed by atoms with Crippen molar-refractivity contribution >= 4 is 5.91 Å². The highest BCUT2D eigenvalue weighted by Crippen LogP contribution is 2.20. The first-order chi connectivity index (χ1) is 12.4. The first-order valence-corrected chi connectivity index (χ1v) is 8.47. The summed E-state index contributed by atoms with van der Waals surface area (Å²) in [5.74, 6) is 0.966. The average molecular weight is 363 g/mol. The van der Waals surface area contributed by atoms with Crippen LogP contribution in [0.1, 0.15) is 30.9 Å². The largest absolute Gasteiger partial charge is 0.484 e. The van der Waals surface area contributed by atoms with Gasteiger partial charge in [0.25, 0.3) is 5.91 Å². The molecule has 0 fully saturated rings. The Balaban J connectivity index is 1.71. The molecule has 0 saturated heterocycles. The Hall–Kier alpha value is -2.63. The smallest absolute Gasteiger partial charge is 0.387 e. The van der Waals surface area contributed by atoms with Crippen LogP contribution in [0, 0.1) is 0 Å². The van der Waals surface area contributed by atoms with Gasteiger partial charge in [0.1, 0.15) is 11.5 Å². The number of halogens is 2. The lowest BCUT2D eigenvalue weighted by Gasteiger charge is -2.10. The predicted molar refractivity (Wildman–Crippen MR) is 95.8 cm³/mol. The van der Waals surface area contributed by atoms with Crippen molar-refractivity contribution in [2.24, 2.45) is 0 Å². The zero-order chi connectivity index (χ0) is 18.9. The van der Waals surface area contributed by atoms with E-state index in [0.717, 1.165) is 11.1 Å². The van der Waals surface area contributed by atoms with Crippen LogP contribution in [-0.2, 0) is 11.2 Å². The predicted octanol–water partition coefficient (Wildman–Crippen LogP) is 4.15. The maximum atomic E-state index is 12.1. The number of rotatable bonds is 9. The SMILES string of the molecule is CC(C)c1cccc(OCC(=O)NCCc2ccc(OC(F)F)cc2)c1. The van der Waals surface area contributed by atoms with Crippen LogP contribution < -0.4 is 14.8 Å². The maximum Gasteiger partial charge on any atom is 0.387 e. The quantitative estimate of drug-likeness (QED) is 0.728. The van der Waals surface area contributed by atoms with Crippen molar-refractivity contribution in [3.05, 3.63) is 59.7 Å². The van der Waals surface area contributed by atoms with Gasteiger partial charge in [-0.1, -0.05) is 38.1 Å². The summed E-state index contributed by atoms with van der Waals surface area (Å²) in [5, 5.41) is 2.77. The molecular weight excluding hydrogens is 340 g/mol. The second-order valence-corrected chi connectivity index (χ2v) is 6.14. The van der Waals surface area contributed by atoms with Crippen LogP contribution in [0.25, 0.3) is 0 Å². The van der Waals surface area contributed by atoms with E-state index in [0.29, 0.717) is 24.6 Å². The van der Waals surface area contributed by atoms with Crippen LogP contribution >= 0.6 is 0 Å². The summed E-state index contributed by atoms with van der Waals surface area (Å²) in [6.07, 6.45) is 0.587. The fourth-order valence-corrected chi connectivity index (χ4v) is 2.35. The molecule has 6 heteroatoms. The van der Waals surface area contributed by atoms with Gasteiger partial charge in [-0.15, -0.1) is 0 Å². The summed E-state index contributed by atoms with van der Waals surface area (Å²) >= 11 is 0. The number of ether oxygens (including phenoxy) is 2. The van der Waals surface area contributed by atoms with Crippen molar-refractivity contribution in [1.29, 1.82) is 0 Å². The van der Waals surface area contributed by atoms with Crippen LogP contribution in [0.15, 0.2) is 48.5 Å². The van der Waals surface area contributed by atoms with E-state index in [-0.39, 0.29) is 18.3 Å². The first kappa shape index (κ1) is 19.7. The molecular formula is C20H23F2NO3. The Morgan fingerprint density at radius 2 is 1.81 bits per heavy atom. The molecule has 2 aromatic rings. The van der Waals surface area contributed by atoms with E-state index in [4.69, 9.17) is 4.74 Å². The standard InChI is InChI=1S/C20H23F2NO3/c1-14(2)16-4-3-5-18(12-16)25-13-19(24)23-11-10-15-6-8-17(9-7-15)26-20(21)22/h3-9,12,14,20H,10-11,13H2,1-2H3,(H,23,24). The minimum Gasteiger partial charge on any atom is -0.484 e. The third-order valence-electron chi connectivity index (χ3n) is 3.78. The average Bonchev–Trinajstić information content (AvgIpc) is 2.61. The van der Waals surface area contributed by atoms with Crippen LogP contribution in [0.2, 0.25) is 0 Å². The highest BCUT2D eigenvalue weighted by atomic mass is 19.3. The molecule has 1 amide bonds. The number of hydrogen-bond acceptors (Lipinski definition) is 3. The molecule has 1 N–H and O–H groups in total. The van der Waals surface area contributed by atoms with Crippen molar-refractivity contribution in [3.63, 3.8) is 0 Å². The molecule has 2 aromatic carbocycles. The van der Waals surface area contributed by atoms with Crippen LogP contribution in [0.3, 0.4) is 0 Å². The summed E-state index contributed by atoms with van der Waals surface area (Å²) in [4.78, 5) is 11.9. The van der Waals surface area contributed by atoms with Gasteiger partial charge in [-0.25, -0.2) is 0 Å². The van der Waals surface area contributed by atoms with Gasteiger partial charge in [-0.3, -0.25) is 4.79 Å². The van der Waals surface area contributed by atoms with Crippen molar-refractivity contribution in [3.8, 4) is 11.5 Å². The molecule has 0 unspecified atom stereocenters. The second kappa shape index (κ2) is 9.75. The number of carbonyl (C=O) groups is 1. The molecule has 0 bridgehead atoms. The third kappa shape index (κ3) is 6.70. The van der Waals surface area contributed by atoms with Crippen molar-refractivity contribution in [1.82, 2.24) is 5.32 Å². The van der Waals surface area contributed by atoms with Crippen molar-refractivity contribution in [2.75, 3.05) is 13.2 Å². The molecule has 2 rings (SSSR count). The number of amides is 1. The molecule has 0 aliphatic carbocycles. The zero-order valence-electron chi connectivity index (χ0n) is 14.9. The first-order valence-electron chi connectivity index (χ1n) is 8.47. The van der Waals surface area contributed by atoms with Gasteiger partial charge in [-0.2, -0.15) is 8.78 Å². The lowest BCUT2D eigenvalue weighted by atomic mass is 10.0. The molecule has 4 nitrogen and oxygen atoms in total. The Morgan fingerprint density at radius 1 is 1.08 bits per heavy atom. The van der Waals surface area contributed by atoms with Crippen molar-refractivity contribution in [2.45, 2.75) is 32.8 Å². The summed E-state index contributed by atoms with van der Waals surface area (Å²) in [5.41, 5.74) is 2.07. The molecule has 0 aliphatic heterocycles. The van der Waals surface area contributed by atoms with E-state index in [1.807, 2.05) is 24.3 Å². The third-order valence-corrected chi connectivity index (χ3v) is 3.78. The summed E-state index contributed by atoms with van der Waals surface area (Å²) < 4.78 is 34.0.